The van der Waals surface area contributed by atoms with E-state index in [1.165, 1.54) is 12.3 Å². The Bertz CT molecular complexity index is 551. The Kier molecular flexibility index (Phi) is 4.03. The van der Waals surface area contributed by atoms with Crippen molar-refractivity contribution in [2.75, 3.05) is 6.61 Å². The van der Waals surface area contributed by atoms with Crippen molar-refractivity contribution >= 4 is 46.3 Å². The quantitative estimate of drug-likeness (QED) is 0.631. The summed E-state index contributed by atoms with van der Waals surface area (Å²) in [5, 5.41) is 18.0. The zero-order valence-corrected chi connectivity index (χ0v) is 11.1. The van der Waals surface area contributed by atoms with E-state index in [9.17, 15) is 9.59 Å². The molecule has 1 atom stereocenters. The van der Waals surface area contributed by atoms with Gasteiger partial charge in [-0.3, -0.25) is 9.69 Å². The molecule has 1 aromatic heterocycles. The molecule has 19 heavy (non-hydrogen) atoms. The van der Waals surface area contributed by atoms with Gasteiger partial charge in [0.1, 0.15) is 10.1 Å². The second kappa shape index (κ2) is 5.55. The monoisotopic (exact) mass is 299 g/mol. The second-order valence-corrected chi connectivity index (χ2v) is 5.28. The van der Waals surface area contributed by atoms with Gasteiger partial charge >= 0.3 is 5.97 Å². The van der Waals surface area contributed by atoms with E-state index < -0.39 is 24.5 Å². The normalized spacial score (nSPS) is 19.2. The van der Waals surface area contributed by atoms with Crippen LogP contribution in [0.1, 0.15) is 5.76 Å². The van der Waals surface area contributed by atoms with Crippen LogP contribution in [0.5, 0.6) is 0 Å². The summed E-state index contributed by atoms with van der Waals surface area (Å²) in [7, 11) is 0. The Labute approximate surface area is 117 Å². The third-order valence-corrected chi connectivity index (χ3v) is 3.74. The van der Waals surface area contributed by atoms with E-state index in [-0.39, 0.29) is 9.23 Å². The van der Waals surface area contributed by atoms with E-state index in [1.54, 1.807) is 12.1 Å². The number of carbonyl (C=O) groups is 2. The number of amides is 1. The molecule has 2 rings (SSSR count). The molecule has 1 aromatic rings. The second-order valence-electron chi connectivity index (χ2n) is 3.60. The summed E-state index contributed by atoms with van der Waals surface area (Å²) in [6, 6.07) is 1.96. The summed E-state index contributed by atoms with van der Waals surface area (Å²) in [6.07, 6.45) is 2.94. The van der Waals surface area contributed by atoms with Crippen LogP contribution in [0.3, 0.4) is 0 Å². The molecule has 2 heterocycles. The van der Waals surface area contributed by atoms with Crippen molar-refractivity contribution in [1.29, 1.82) is 0 Å². The summed E-state index contributed by atoms with van der Waals surface area (Å²) in [4.78, 5) is 24.2. The van der Waals surface area contributed by atoms with E-state index in [0.717, 1.165) is 16.7 Å². The minimum atomic E-state index is -1.37. The predicted octanol–water partition coefficient (Wildman–Crippen LogP) is 0.926. The highest BCUT2D eigenvalue weighted by molar-refractivity contribution is 8.26. The van der Waals surface area contributed by atoms with Gasteiger partial charge in [0.05, 0.1) is 17.8 Å². The molecule has 0 radical (unpaired) electrons. The first kappa shape index (κ1) is 13.8. The third-order valence-electron chi connectivity index (χ3n) is 2.41. The van der Waals surface area contributed by atoms with E-state index in [1.807, 2.05) is 0 Å². The SMILES string of the molecule is O=C(O)C(CO)N1C(=O)C(=Cc2ccco2)SC1=S. The van der Waals surface area contributed by atoms with E-state index in [0.29, 0.717) is 5.76 Å². The molecule has 8 heteroatoms. The van der Waals surface area contributed by atoms with Gasteiger partial charge in [-0.15, -0.1) is 0 Å². The molecule has 2 N–H and O–H groups in total. The maximum Gasteiger partial charge on any atom is 0.329 e. The highest BCUT2D eigenvalue weighted by Gasteiger charge is 2.40. The molecular weight excluding hydrogens is 290 g/mol. The first-order chi connectivity index (χ1) is 9.04. The van der Waals surface area contributed by atoms with Gasteiger partial charge in [0, 0.05) is 6.08 Å². The van der Waals surface area contributed by atoms with E-state index in [2.05, 4.69) is 0 Å². The molecule has 1 aliphatic heterocycles. The van der Waals surface area contributed by atoms with Crippen molar-refractivity contribution in [1.82, 2.24) is 4.90 Å². The molecular formula is C11H9NO5S2. The Hall–Kier alpha value is -1.64. The van der Waals surface area contributed by atoms with Crippen LogP contribution < -0.4 is 0 Å². The van der Waals surface area contributed by atoms with Crippen LogP contribution in [0.4, 0.5) is 0 Å². The van der Waals surface area contributed by atoms with Crippen molar-refractivity contribution in [3.63, 3.8) is 0 Å². The number of thiocarbonyl (C=S) groups is 1. The van der Waals surface area contributed by atoms with Crippen molar-refractivity contribution in [2.45, 2.75) is 6.04 Å². The number of hydrogen-bond donors (Lipinski definition) is 2. The van der Waals surface area contributed by atoms with E-state index >= 15 is 0 Å². The van der Waals surface area contributed by atoms with Gasteiger partial charge in [-0.2, -0.15) is 0 Å². The van der Waals surface area contributed by atoms with Gasteiger partial charge < -0.3 is 14.6 Å². The summed E-state index contributed by atoms with van der Waals surface area (Å²) >= 11 is 5.95. The van der Waals surface area contributed by atoms with Gasteiger partial charge in [0.25, 0.3) is 5.91 Å². The number of carboxylic acids is 1. The van der Waals surface area contributed by atoms with E-state index in [4.69, 9.17) is 26.8 Å². The van der Waals surface area contributed by atoms with Gasteiger partial charge in [0.2, 0.25) is 0 Å². The highest BCUT2D eigenvalue weighted by Crippen LogP contribution is 2.33. The summed E-state index contributed by atoms with van der Waals surface area (Å²) in [5.41, 5.74) is 0. The summed E-state index contributed by atoms with van der Waals surface area (Å²) < 4.78 is 5.18. The summed E-state index contributed by atoms with van der Waals surface area (Å²) in [6.45, 7) is -0.699. The zero-order valence-electron chi connectivity index (χ0n) is 9.48. The number of aliphatic hydroxyl groups excluding tert-OH is 1. The van der Waals surface area contributed by atoms with Crippen molar-refractivity contribution in [3.8, 4) is 0 Å². The number of thioether (sulfide) groups is 1. The number of aliphatic hydroxyl groups is 1. The van der Waals surface area contributed by atoms with Gasteiger partial charge in [-0.25, -0.2) is 4.79 Å². The van der Waals surface area contributed by atoms with Crippen molar-refractivity contribution in [3.05, 3.63) is 29.1 Å². The first-order valence-electron chi connectivity index (χ1n) is 5.19. The van der Waals surface area contributed by atoms with Gasteiger partial charge in [-0.05, 0) is 12.1 Å². The molecule has 1 aliphatic rings. The largest absolute Gasteiger partial charge is 0.480 e. The fourth-order valence-electron chi connectivity index (χ4n) is 1.52. The fourth-order valence-corrected chi connectivity index (χ4v) is 2.86. The predicted molar refractivity (Wildman–Crippen MR) is 72.2 cm³/mol. The lowest BCUT2D eigenvalue weighted by Gasteiger charge is -2.20. The zero-order chi connectivity index (χ0) is 14.0. The lowest BCUT2D eigenvalue weighted by atomic mass is 10.2. The lowest BCUT2D eigenvalue weighted by Crippen LogP contribution is -2.46. The molecule has 100 valence electrons. The number of nitrogens with zero attached hydrogens (tertiary/aromatic N) is 1. The topological polar surface area (TPSA) is 91.0 Å². The maximum atomic E-state index is 12.1. The number of hydrogen-bond acceptors (Lipinski definition) is 6. The van der Waals surface area contributed by atoms with Crippen LogP contribution in [0, 0.1) is 0 Å². The molecule has 0 saturated carbocycles. The number of carbonyl (C=O) groups excluding carboxylic acids is 1. The van der Waals surface area contributed by atoms with Crippen molar-refractivity contribution < 1.29 is 24.2 Å². The molecule has 1 unspecified atom stereocenters. The van der Waals surface area contributed by atoms with Crippen LogP contribution in [-0.4, -0.2) is 44.0 Å². The van der Waals surface area contributed by atoms with Gasteiger partial charge in [0.15, 0.2) is 6.04 Å². The minimum absolute atomic E-state index is 0.101. The average Bonchev–Trinajstić information content (AvgIpc) is 2.94. The van der Waals surface area contributed by atoms with Crippen LogP contribution in [0.25, 0.3) is 6.08 Å². The van der Waals surface area contributed by atoms with Gasteiger partial charge in [-0.1, -0.05) is 24.0 Å². The minimum Gasteiger partial charge on any atom is -0.480 e. The molecule has 0 bridgehead atoms. The van der Waals surface area contributed by atoms with Crippen LogP contribution in [0.15, 0.2) is 27.7 Å². The van der Waals surface area contributed by atoms with Crippen molar-refractivity contribution in [2.24, 2.45) is 0 Å². The molecule has 1 saturated heterocycles. The Balaban J connectivity index is 2.28. The lowest BCUT2D eigenvalue weighted by molar-refractivity contribution is -0.146. The highest BCUT2D eigenvalue weighted by atomic mass is 32.2. The molecule has 1 amide bonds. The molecule has 0 aromatic carbocycles. The molecule has 1 fully saturated rings. The molecule has 0 aliphatic carbocycles. The first-order valence-corrected chi connectivity index (χ1v) is 6.41. The number of carboxylic acid groups (broad SMARTS) is 1. The standard InChI is InChI=1S/C11H9NO5S2/c13-5-7(10(15)16)12-9(14)8(19-11(12)18)4-6-2-1-3-17-6/h1-4,7,13H,5H2,(H,15,16). The number of furan rings is 1. The Morgan fingerprint density at radius 2 is 2.37 bits per heavy atom. The Morgan fingerprint density at radius 1 is 1.63 bits per heavy atom. The Morgan fingerprint density at radius 3 is 2.89 bits per heavy atom. The maximum absolute atomic E-state index is 12.1. The summed E-state index contributed by atoms with van der Waals surface area (Å²) in [5.74, 6) is -1.39. The fraction of sp³-hybridized carbons (Fsp3) is 0.182. The van der Waals surface area contributed by atoms with Crippen LogP contribution >= 0.6 is 24.0 Å². The number of rotatable bonds is 4. The van der Waals surface area contributed by atoms with Crippen LogP contribution in [-0.2, 0) is 9.59 Å². The average molecular weight is 299 g/mol. The number of aliphatic carboxylic acids is 1. The smallest absolute Gasteiger partial charge is 0.329 e. The molecule has 0 spiro atoms. The molecule has 6 nitrogen and oxygen atoms in total. The third kappa shape index (κ3) is 2.70. The van der Waals surface area contributed by atoms with Crippen LogP contribution in [0.2, 0.25) is 0 Å².